The van der Waals surface area contributed by atoms with Crippen LogP contribution in [0.1, 0.15) is 43.4 Å². The Labute approximate surface area is 126 Å². The molecule has 5 nitrogen and oxygen atoms in total. The fourth-order valence-corrected chi connectivity index (χ4v) is 2.92. The van der Waals surface area contributed by atoms with Gasteiger partial charge in [0, 0.05) is 37.7 Å². The first-order chi connectivity index (χ1) is 9.73. The molecule has 1 aliphatic rings. The van der Waals surface area contributed by atoms with Crippen molar-refractivity contribution < 1.29 is 14.6 Å². The topological polar surface area (TPSA) is 63.5 Å². The molecule has 0 radical (unpaired) electrons. The van der Waals surface area contributed by atoms with E-state index < -0.39 is 5.60 Å². The molecular weight excluding hydrogens is 268 g/mol. The van der Waals surface area contributed by atoms with Crippen LogP contribution in [0.5, 0.6) is 0 Å². The lowest BCUT2D eigenvalue weighted by Crippen LogP contribution is -2.68. The predicted molar refractivity (Wildman–Crippen MR) is 81.2 cm³/mol. The Balaban J connectivity index is 1.97. The number of carbonyl (C=O) groups excluding carboxylic acids is 1. The van der Waals surface area contributed by atoms with Crippen LogP contribution in [0, 0.1) is 12.3 Å². The molecule has 2 rings (SSSR count). The zero-order valence-corrected chi connectivity index (χ0v) is 13.6. The maximum absolute atomic E-state index is 12.2. The zero-order valence-electron chi connectivity index (χ0n) is 13.6. The molecule has 2 atom stereocenters. The van der Waals surface area contributed by atoms with E-state index in [1.54, 1.807) is 6.07 Å². The highest BCUT2D eigenvalue weighted by Gasteiger charge is 2.59. The van der Waals surface area contributed by atoms with Crippen molar-refractivity contribution in [1.82, 2.24) is 9.88 Å². The second-order valence-corrected chi connectivity index (χ2v) is 6.50. The van der Waals surface area contributed by atoms with Crippen LogP contribution in [-0.2, 0) is 11.8 Å². The molecule has 0 saturated heterocycles. The van der Waals surface area contributed by atoms with E-state index in [0.29, 0.717) is 18.7 Å². The minimum atomic E-state index is -0.914. The first-order valence-corrected chi connectivity index (χ1v) is 7.47. The fourth-order valence-electron chi connectivity index (χ4n) is 2.92. The van der Waals surface area contributed by atoms with Crippen LogP contribution in [0.2, 0.25) is 0 Å². The number of nitrogens with one attached hydrogen (secondary N) is 1. The molecule has 1 saturated carbocycles. The second-order valence-electron chi connectivity index (χ2n) is 6.50. The number of aromatic nitrogens is 1. The van der Waals surface area contributed by atoms with Gasteiger partial charge in [0.25, 0.3) is 5.91 Å². The number of nitrogens with zero attached hydrogens (tertiary/aromatic N) is 1. The van der Waals surface area contributed by atoms with Gasteiger partial charge in [-0.25, -0.2) is 0 Å². The molecule has 1 fully saturated rings. The van der Waals surface area contributed by atoms with Gasteiger partial charge in [-0.2, -0.15) is 0 Å². The Hall–Kier alpha value is -1.33. The van der Waals surface area contributed by atoms with Gasteiger partial charge >= 0.3 is 0 Å². The highest BCUT2D eigenvalue weighted by Crippen LogP contribution is 2.50. The van der Waals surface area contributed by atoms with Gasteiger partial charge in [0.1, 0.15) is 5.69 Å². The second kappa shape index (κ2) is 5.46. The number of amides is 1. The quantitative estimate of drug-likeness (QED) is 0.867. The van der Waals surface area contributed by atoms with Gasteiger partial charge in [0.05, 0.1) is 11.7 Å². The van der Waals surface area contributed by atoms with E-state index in [9.17, 15) is 9.90 Å². The summed E-state index contributed by atoms with van der Waals surface area (Å²) in [6, 6.07) is 3.70. The van der Waals surface area contributed by atoms with Gasteiger partial charge in [-0.05, 0) is 26.0 Å². The standard InChI is InChI=1S/C16H26N2O3/c1-6-21-13-9-16(20,15(13,3)4)10-17-14(19)12-8-7-11(2)18(12)5/h7-8,13,20H,6,9-10H2,1-5H3,(H,17,19)/t13-,16+/m1/s1. The molecule has 2 N–H and O–H groups in total. The van der Waals surface area contributed by atoms with E-state index in [1.165, 1.54) is 0 Å². The minimum absolute atomic E-state index is 0.0432. The summed E-state index contributed by atoms with van der Waals surface area (Å²) in [4.78, 5) is 12.2. The van der Waals surface area contributed by atoms with Gasteiger partial charge in [-0.15, -0.1) is 0 Å². The molecule has 21 heavy (non-hydrogen) atoms. The van der Waals surface area contributed by atoms with Crippen LogP contribution in [0.4, 0.5) is 0 Å². The summed E-state index contributed by atoms with van der Waals surface area (Å²) in [5.74, 6) is -0.158. The Bertz CT molecular complexity index is 536. The third-order valence-electron chi connectivity index (χ3n) is 5.04. The Morgan fingerprint density at radius 2 is 2.19 bits per heavy atom. The van der Waals surface area contributed by atoms with Crippen molar-refractivity contribution in [2.45, 2.75) is 45.8 Å². The maximum atomic E-state index is 12.2. The third-order valence-corrected chi connectivity index (χ3v) is 5.04. The third kappa shape index (κ3) is 2.60. The number of aryl methyl sites for hydroxylation is 1. The number of hydrogen-bond donors (Lipinski definition) is 2. The van der Waals surface area contributed by atoms with E-state index in [2.05, 4.69) is 5.32 Å². The molecule has 118 valence electrons. The highest BCUT2D eigenvalue weighted by molar-refractivity contribution is 5.92. The maximum Gasteiger partial charge on any atom is 0.268 e. The lowest BCUT2D eigenvalue weighted by atomic mass is 9.56. The van der Waals surface area contributed by atoms with E-state index in [1.807, 2.05) is 45.4 Å². The van der Waals surface area contributed by atoms with Crippen molar-refractivity contribution in [2.75, 3.05) is 13.2 Å². The summed E-state index contributed by atoms with van der Waals surface area (Å²) in [6.45, 7) is 8.75. The van der Waals surface area contributed by atoms with Crippen molar-refractivity contribution in [3.63, 3.8) is 0 Å². The van der Waals surface area contributed by atoms with Gasteiger partial charge in [0.2, 0.25) is 0 Å². The van der Waals surface area contributed by atoms with Crippen LogP contribution < -0.4 is 5.32 Å². The van der Waals surface area contributed by atoms with Crippen LogP contribution in [0.25, 0.3) is 0 Å². The SMILES string of the molecule is CCO[C@@H]1C[C@](O)(CNC(=O)c2ccc(C)n2C)C1(C)C. The number of carbonyl (C=O) groups is 1. The first-order valence-electron chi connectivity index (χ1n) is 7.47. The highest BCUT2D eigenvalue weighted by atomic mass is 16.5. The molecule has 0 aromatic carbocycles. The normalized spacial score (nSPS) is 27.2. The average Bonchev–Trinajstić information content (AvgIpc) is 2.76. The van der Waals surface area contributed by atoms with Crippen molar-refractivity contribution in [2.24, 2.45) is 12.5 Å². The summed E-state index contributed by atoms with van der Waals surface area (Å²) in [5, 5.41) is 13.6. The van der Waals surface area contributed by atoms with E-state index in [0.717, 1.165) is 5.69 Å². The summed E-state index contributed by atoms with van der Waals surface area (Å²) in [6.07, 6.45) is 0.599. The number of rotatable bonds is 5. The van der Waals surface area contributed by atoms with Gasteiger partial charge < -0.3 is 19.7 Å². The molecular formula is C16H26N2O3. The largest absolute Gasteiger partial charge is 0.387 e. The lowest BCUT2D eigenvalue weighted by Gasteiger charge is -2.57. The number of ether oxygens (including phenoxy) is 1. The first kappa shape index (κ1) is 16.0. The number of hydrogen-bond acceptors (Lipinski definition) is 3. The Morgan fingerprint density at radius 3 is 2.67 bits per heavy atom. The van der Waals surface area contributed by atoms with Crippen molar-refractivity contribution in [3.8, 4) is 0 Å². The summed E-state index contributed by atoms with van der Waals surface area (Å²) < 4.78 is 7.47. The van der Waals surface area contributed by atoms with Crippen LogP contribution in [0.3, 0.4) is 0 Å². The summed E-state index contributed by atoms with van der Waals surface area (Å²) >= 11 is 0. The van der Waals surface area contributed by atoms with E-state index in [4.69, 9.17) is 4.74 Å². The molecule has 1 aromatic rings. The molecule has 1 amide bonds. The van der Waals surface area contributed by atoms with Crippen LogP contribution >= 0.6 is 0 Å². The minimum Gasteiger partial charge on any atom is -0.387 e. The van der Waals surface area contributed by atoms with Gasteiger partial charge in [0.15, 0.2) is 0 Å². The molecule has 1 aliphatic carbocycles. The van der Waals surface area contributed by atoms with Gasteiger partial charge in [-0.1, -0.05) is 13.8 Å². The van der Waals surface area contributed by atoms with Crippen molar-refractivity contribution >= 4 is 5.91 Å². The monoisotopic (exact) mass is 294 g/mol. The van der Waals surface area contributed by atoms with Crippen molar-refractivity contribution in [1.29, 1.82) is 0 Å². The average molecular weight is 294 g/mol. The Kier molecular flexibility index (Phi) is 4.17. The van der Waals surface area contributed by atoms with E-state index >= 15 is 0 Å². The van der Waals surface area contributed by atoms with Crippen LogP contribution in [-0.4, -0.2) is 40.4 Å². The molecule has 5 heteroatoms. The lowest BCUT2D eigenvalue weighted by molar-refractivity contribution is -0.237. The Morgan fingerprint density at radius 1 is 1.52 bits per heavy atom. The molecule has 0 bridgehead atoms. The zero-order chi connectivity index (χ0) is 15.8. The molecule has 0 spiro atoms. The van der Waals surface area contributed by atoms with E-state index in [-0.39, 0.29) is 24.0 Å². The van der Waals surface area contributed by atoms with Gasteiger partial charge in [-0.3, -0.25) is 4.79 Å². The van der Waals surface area contributed by atoms with Crippen molar-refractivity contribution in [3.05, 3.63) is 23.5 Å². The van der Waals surface area contributed by atoms with Crippen LogP contribution in [0.15, 0.2) is 12.1 Å². The smallest absolute Gasteiger partial charge is 0.268 e. The number of aliphatic hydroxyl groups is 1. The molecule has 1 heterocycles. The molecule has 1 aromatic heterocycles. The molecule has 0 unspecified atom stereocenters. The summed E-state index contributed by atoms with van der Waals surface area (Å²) in [7, 11) is 1.86. The predicted octanol–water partition coefficient (Wildman–Crippen LogP) is 1.63. The molecule has 0 aliphatic heterocycles. The fraction of sp³-hybridized carbons (Fsp3) is 0.688. The summed E-state index contributed by atoms with van der Waals surface area (Å²) in [5.41, 5.74) is 0.358.